The van der Waals surface area contributed by atoms with Crippen LogP contribution >= 0.6 is 0 Å². The van der Waals surface area contributed by atoms with Crippen LogP contribution in [0.5, 0.6) is 0 Å². The van der Waals surface area contributed by atoms with Crippen molar-refractivity contribution in [2.45, 2.75) is 44.6 Å². The molecule has 1 unspecified atom stereocenters. The van der Waals surface area contributed by atoms with Crippen LogP contribution in [0.1, 0.15) is 38.5 Å². The molecule has 2 rings (SSSR count). The summed E-state index contributed by atoms with van der Waals surface area (Å²) in [5.41, 5.74) is 0. The lowest BCUT2D eigenvalue weighted by molar-refractivity contribution is -0.0131. The molecule has 2 aliphatic rings. The van der Waals surface area contributed by atoms with E-state index in [1.165, 1.54) is 38.5 Å². The number of ether oxygens (including phenoxy) is 1. The van der Waals surface area contributed by atoms with Crippen molar-refractivity contribution in [3.05, 3.63) is 0 Å². The van der Waals surface area contributed by atoms with Crippen molar-refractivity contribution in [2.24, 2.45) is 5.92 Å². The standard InChI is InChI=1S/C11H21NO/c1-2-4-6-10(5-3-1)11-9-12-7-8-13-11/h10-12H,1-9H2. The lowest BCUT2D eigenvalue weighted by Crippen LogP contribution is -2.42. The largest absolute Gasteiger partial charge is 0.375 e. The van der Waals surface area contributed by atoms with E-state index in [9.17, 15) is 0 Å². The van der Waals surface area contributed by atoms with Crippen molar-refractivity contribution in [3.63, 3.8) is 0 Å². The molecule has 0 aromatic rings. The SMILES string of the molecule is C1CCCC(C2CNCCO2)CC1. The average molecular weight is 183 g/mol. The summed E-state index contributed by atoms with van der Waals surface area (Å²) in [5, 5.41) is 3.43. The minimum absolute atomic E-state index is 0.520. The van der Waals surface area contributed by atoms with Crippen LogP contribution in [-0.2, 0) is 4.74 Å². The fourth-order valence-corrected chi connectivity index (χ4v) is 2.57. The van der Waals surface area contributed by atoms with Crippen LogP contribution in [-0.4, -0.2) is 25.8 Å². The Balaban J connectivity index is 1.82. The van der Waals surface area contributed by atoms with Crippen LogP contribution in [0.2, 0.25) is 0 Å². The Hall–Kier alpha value is -0.0800. The van der Waals surface area contributed by atoms with Gasteiger partial charge >= 0.3 is 0 Å². The quantitative estimate of drug-likeness (QED) is 0.627. The molecule has 0 bridgehead atoms. The Morgan fingerprint density at radius 2 is 1.77 bits per heavy atom. The van der Waals surface area contributed by atoms with Crippen LogP contribution in [0, 0.1) is 5.92 Å². The Morgan fingerprint density at radius 3 is 2.38 bits per heavy atom. The maximum atomic E-state index is 5.81. The Morgan fingerprint density at radius 1 is 1.00 bits per heavy atom. The third kappa shape index (κ3) is 2.68. The van der Waals surface area contributed by atoms with Gasteiger partial charge in [-0.25, -0.2) is 0 Å². The summed E-state index contributed by atoms with van der Waals surface area (Å²) in [6.07, 6.45) is 9.04. The van der Waals surface area contributed by atoms with Crippen molar-refractivity contribution < 1.29 is 4.74 Å². The molecule has 1 aliphatic heterocycles. The van der Waals surface area contributed by atoms with Crippen LogP contribution in [0.25, 0.3) is 0 Å². The van der Waals surface area contributed by atoms with Crippen molar-refractivity contribution in [1.29, 1.82) is 0 Å². The highest BCUT2D eigenvalue weighted by Crippen LogP contribution is 2.27. The van der Waals surface area contributed by atoms with Gasteiger partial charge in [0.15, 0.2) is 0 Å². The first-order chi connectivity index (χ1) is 6.47. The summed E-state index contributed by atoms with van der Waals surface area (Å²) in [5.74, 6) is 0.843. The van der Waals surface area contributed by atoms with Crippen molar-refractivity contribution in [2.75, 3.05) is 19.7 Å². The molecule has 0 amide bonds. The van der Waals surface area contributed by atoms with E-state index < -0.39 is 0 Å². The molecule has 0 radical (unpaired) electrons. The molecule has 2 heteroatoms. The number of nitrogens with one attached hydrogen (secondary N) is 1. The van der Waals surface area contributed by atoms with Gasteiger partial charge in [-0.05, 0) is 18.8 Å². The Kier molecular flexibility index (Phi) is 3.62. The topological polar surface area (TPSA) is 21.3 Å². The first kappa shape index (κ1) is 9.47. The Bertz CT molecular complexity index is 135. The van der Waals surface area contributed by atoms with Gasteiger partial charge in [0.2, 0.25) is 0 Å². The second kappa shape index (κ2) is 4.97. The fraction of sp³-hybridized carbons (Fsp3) is 1.00. The summed E-state index contributed by atoms with van der Waals surface area (Å²) < 4.78 is 5.81. The molecule has 0 aromatic carbocycles. The minimum Gasteiger partial charge on any atom is -0.375 e. The summed E-state index contributed by atoms with van der Waals surface area (Å²) in [6, 6.07) is 0. The molecule has 2 fully saturated rings. The summed E-state index contributed by atoms with van der Waals surface area (Å²) >= 11 is 0. The van der Waals surface area contributed by atoms with Crippen LogP contribution in [0.3, 0.4) is 0 Å². The molecule has 13 heavy (non-hydrogen) atoms. The summed E-state index contributed by atoms with van der Waals surface area (Å²) in [6.45, 7) is 3.05. The molecule has 0 aromatic heterocycles. The third-order valence-corrected chi connectivity index (χ3v) is 3.38. The highest BCUT2D eigenvalue weighted by molar-refractivity contribution is 4.77. The van der Waals surface area contributed by atoms with Crippen molar-refractivity contribution in [1.82, 2.24) is 5.32 Å². The zero-order valence-corrected chi connectivity index (χ0v) is 8.43. The second-order valence-electron chi connectivity index (χ2n) is 4.37. The van der Waals surface area contributed by atoms with Gasteiger partial charge in [-0.2, -0.15) is 0 Å². The van der Waals surface area contributed by atoms with E-state index in [-0.39, 0.29) is 0 Å². The molecule has 1 saturated heterocycles. The molecule has 1 atom stereocenters. The zero-order valence-electron chi connectivity index (χ0n) is 8.43. The molecule has 0 spiro atoms. The molecule has 76 valence electrons. The maximum absolute atomic E-state index is 5.81. The van der Waals surface area contributed by atoms with Crippen LogP contribution in [0.15, 0.2) is 0 Å². The normalized spacial score (nSPS) is 32.8. The van der Waals surface area contributed by atoms with Crippen LogP contribution < -0.4 is 5.32 Å². The molecule has 2 nitrogen and oxygen atoms in total. The first-order valence-corrected chi connectivity index (χ1v) is 5.79. The highest BCUT2D eigenvalue weighted by Gasteiger charge is 2.24. The molecular weight excluding hydrogens is 162 g/mol. The van der Waals surface area contributed by atoms with Crippen LogP contribution in [0.4, 0.5) is 0 Å². The summed E-state index contributed by atoms with van der Waals surface area (Å²) in [7, 11) is 0. The number of rotatable bonds is 1. The van der Waals surface area contributed by atoms with E-state index in [4.69, 9.17) is 4.74 Å². The lowest BCUT2D eigenvalue weighted by atomic mass is 9.93. The smallest absolute Gasteiger partial charge is 0.0728 e. The van der Waals surface area contributed by atoms with Crippen molar-refractivity contribution in [3.8, 4) is 0 Å². The van der Waals surface area contributed by atoms with Gasteiger partial charge in [-0.1, -0.05) is 25.7 Å². The zero-order chi connectivity index (χ0) is 8.93. The van der Waals surface area contributed by atoms with Gasteiger partial charge < -0.3 is 10.1 Å². The van der Waals surface area contributed by atoms with Gasteiger partial charge in [0, 0.05) is 13.1 Å². The monoisotopic (exact) mass is 183 g/mol. The predicted molar refractivity (Wildman–Crippen MR) is 53.8 cm³/mol. The van der Waals surface area contributed by atoms with Gasteiger partial charge in [-0.15, -0.1) is 0 Å². The van der Waals surface area contributed by atoms with Gasteiger partial charge in [0.05, 0.1) is 12.7 Å². The molecule has 1 N–H and O–H groups in total. The molecule has 1 saturated carbocycles. The summed E-state index contributed by atoms with van der Waals surface area (Å²) in [4.78, 5) is 0. The van der Waals surface area contributed by atoms with E-state index in [1.807, 2.05) is 0 Å². The molecular formula is C11H21NO. The van der Waals surface area contributed by atoms with Gasteiger partial charge in [0.1, 0.15) is 0 Å². The molecule has 1 aliphatic carbocycles. The van der Waals surface area contributed by atoms with E-state index in [1.54, 1.807) is 0 Å². The van der Waals surface area contributed by atoms with E-state index in [0.29, 0.717) is 6.10 Å². The number of hydrogen-bond acceptors (Lipinski definition) is 2. The average Bonchev–Trinajstić information content (AvgIpc) is 2.47. The minimum atomic E-state index is 0.520. The van der Waals surface area contributed by atoms with E-state index >= 15 is 0 Å². The maximum Gasteiger partial charge on any atom is 0.0728 e. The third-order valence-electron chi connectivity index (χ3n) is 3.38. The van der Waals surface area contributed by atoms with Crippen molar-refractivity contribution >= 4 is 0 Å². The first-order valence-electron chi connectivity index (χ1n) is 5.79. The van der Waals surface area contributed by atoms with Gasteiger partial charge in [0.25, 0.3) is 0 Å². The number of hydrogen-bond donors (Lipinski definition) is 1. The fourth-order valence-electron chi connectivity index (χ4n) is 2.57. The highest BCUT2D eigenvalue weighted by atomic mass is 16.5. The number of morpholine rings is 1. The van der Waals surface area contributed by atoms with E-state index in [2.05, 4.69) is 5.32 Å². The Labute approximate surface area is 81.0 Å². The van der Waals surface area contributed by atoms with Gasteiger partial charge in [-0.3, -0.25) is 0 Å². The van der Waals surface area contributed by atoms with E-state index in [0.717, 1.165) is 25.6 Å². The molecule has 1 heterocycles. The lowest BCUT2D eigenvalue weighted by Gasteiger charge is -2.30. The second-order valence-corrected chi connectivity index (χ2v) is 4.37. The predicted octanol–water partition coefficient (Wildman–Crippen LogP) is 1.95.